The lowest BCUT2D eigenvalue weighted by Crippen LogP contribution is -2.13. The predicted molar refractivity (Wildman–Crippen MR) is 61.9 cm³/mol. The monoisotopic (exact) mass is 248 g/mol. The van der Waals surface area contributed by atoms with Gasteiger partial charge in [-0.1, -0.05) is 0 Å². The lowest BCUT2D eigenvalue weighted by Gasteiger charge is -1.94. The van der Waals surface area contributed by atoms with Gasteiger partial charge in [0.1, 0.15) is 11.5 Å². The van der Waals surface area contributed by atoms with Crippen LogP contribution >= 0.6 is 0 Å². The Hall–Kier alpha value is -2.18. The zero-order valence-corrected chi connectivity index (χ0v) is 9.51. The second kappa shape index (κ2) is 4.99. The summed E-state index contributed by atoms with van der Waals surface area (Å²) in [5.74, 6) is -0.765. The Morgan fingerprint density at radius 1 is 0.833 bits per heavy atom. The van der Waals surface area contributed by atoms with Gasteiger partial charge in [0, 0.05) is 0 Å². The molecule has 94 valence electrons. The number of carbonyl (C=O) groups excluding carboxylic acids is 2. The van der Waals surface area contributed by atoms with Gasteiger partial charge in [0.15, 0.2) is 11.5 Å². The number of furan rings is 2. The van der Waals surface area contributed by atoms with Crippen LogP contribution in [0.25, 0.3) is 0 Å². The maximum atomic E-state index is 11.8. The Morgan fingerprint density at radius 3 is 1.50 bits per heavy atom. The number of rotatable bonds is 5. The van der Waals surface area contributed by atoms with Crippen molar-refractivity contribution in [1.82, 2.24) is 0 Å². The molecule has 0 fully saturated rings. The molecule has 0 amide bonds. The standard InChI is InChI=1S/C12H12N2O4/c13-5-7-1-3-9(17-7)11(15)12(16)10-4-2-8(6-14)18-10/h1-4H,5-6,13-14H2. The van der Waals surface area contributed by atoms with Crippen LogP contribution in [0.15, 0.2) is 33.1 Å². The Kier molecular flexibility index (Phi) is 3.40. The van der Waals surface area contributed by atoms with Gasteiger partial charge in [-0.15, -0.1) is 0 Å². The summed E-state index contributed by atoms with van der Waals surface area (Å²) >= 11 is 0. The van der Waals surface area contributed by atoms with E-state index in [4.69, 9.17) is 20.3 Å². The molecule has 2 rings (SSSR count). The van der Waals surface area contributed by atoms with Gasteiger partial charge in [0.2, 0.25) is 0 Å². The molecule has 4 N–H and O–H groups in total. The van der Waals surface area contributed by atoms with E-state index in [1.54, 1.807) is 12.1 Å². The minimum atomic E-state index is -0.771. The molecule has 6 heteroatoms. The van der Waals surface area contributed by atoms with E-state index >= 15 is 0 Å². The zero-order valence-electron chi connectivity index (χ0n) is 9.51. The van der Waals surface area contributed by atoms with Crippen LogP contribution in [0.5, 0.6) is 0 Å². The van der Waals surface area contributed by atoms with Gasteiger partial charge in [-0.05, 0) is 24.3 Å². The van der Waals surface area contributed by atoms with Gasteiger partial charge < -0.3 is 20.3 Å². The van der Waals surface area contributed by atoms with E-state index in [-0.39, 0.29) is 24.6 Å². The van der Waals surface area contributed by atoms with Crippen LogP contribution in [0.4, 0.5) is 0 Å². The Bertz CT molecular complexity index is 530. The van der Waals surface area contributed by atoms with Crippen molar-refractivity contribution in [2.24, 2.45) is 11.5 Å². The molecule has 2 heterocycles. The largest absolute Gasteiger partial charge is 0.456 e. The molecule has 0 atom stereocenters. The first-order chi connectivity index (χ1) is 8.65. The fraction of sp³-hybridized carbons (Fsp3) is 0.167. The van der Waals surface area contributed by atoms with Crippen molar-refractivity contribution in [3.63, 3.8) is 0 Å². The Balaban J connectivity index is 2.20. The van der Waals surface area contributed by atoms with Crippen LogP contribution in [0, 0.1) is 0 Å². The van der Waals surface area contributed by atoms with Crippen molar-refractivity contribution >= 4 is 11.6 Å². The molecule has 2 aromatic rings. The maximum absolute atomic E-state index is 11.8. The quantitative estimate of drug-likeness (QED) is 0.599. The minimum absolute atomic E-state index is 0.0499. The van der Waals surface area contributed by atoms with Gasteiger partial charge in [-0.2, -0.15) is 0 Å². The lowest BCUT2D eigenvalue weighted by atomic mass is 10.2. The highest BCUT2D eigenvalue weighted by molar-refractivity contribution is 6.47. The summed E-state index contributed by atoms with van der Waals surface area (Å²) in [6.07, 6.45) is 0. The first-order valence-corrected chi connectivity index (χ1v) is 5.32. The van der Waals surface area contributed by atoms with E-state index in [2.05, 4.69) is 0 Å². The molecule has 0 spiro atoms. The molecule has 0 radical (unpaired) electrons. The fourth-order valence-corrected chi connectivity index (χ4v) is 1.44. The van der Waals surface area contributed by atoms with Crippen molar-refractivity contribution in [3.8, 4) is 0 Å². The molecule has 0 aliphatic carbocycles. The Labute approximate surface area is 103 Å². The second-order valence-electron chi connectivity index (χ2n) is 3.60. The molecule has 0 aliphatic heterocycles. The number of ketones is 2. The van der Waals surface area contributed by atoms with Crippen molar-refractivity contribution in [1.29, 1.82) is 0 Å². The van der Waals surface area contributed by atoms with Gasteiger partial charge in [-0.3, -0.25) is 9.59 Å². The molecule has 0 aromatic carbocycles. The highest BCUT2D eigenvalue weighted by Crippen LogP contribution is 2.13. The number of Topliss-reactive ketones (excluding diaryl/α,β-unsaturated/α-hetero) is 2. The van der Waals surface area contributed by atoms with Crippen LogP contribution < -0.4 is 11.5 Å². The highest BCUT2D eigenvalue weighted by Gasteiger charge is 2.24. The summed E-state index contributed by atoms with van der Waals surface area (Å²) in [7, 11) is 0. The first-order valence-electron chi connectivity index (χ1n) is 5.32. The van der Waals surface area contributed by atoms with Crippen molar-refractivity contribution in [3.05, 3.63) is 47.3 Å². The van der Waals surface area contributed by atoms with Crippen molar-refractivity contribution in [2.75, 3.05) is 0 Å². The summed E-state index contributed by atoms with van der Waals surface area (Å²) in [6.45, 7) is 0.332. The van der Waals surface area contributed by atoms with Crippen LogP contribution in [0.2, 0.25) is 0 Å². The summed E-state index contributed by atoms with van der Waals surface area (Å²) in [5, 5.41) is 0. The molecule has 2 aromatic heterocycles. The van der Waals surface area contributed by atoms with E-state index in [0.29, 0.717) is 11.5 Å². The topological polar surface area (TPSA) is 112 Å². The van der Waals surface area contributed by atoms with E-state index in [1.165, 1.54) is 12.1 Å². The molecule has 0 aliphatic rings. The van der Waals surface area contributed by atoms with E-state index < -0.39 is 11.6 Å². The highest BCUT2D eigenvalue weighted by atomic mass is 16.4. The van der Waals surface area contributed by atoms with Gasteiger partial charge in [0.05, 0.1) is 13.1 Å². The molecule has 0 unspecified atom stereocenters. The van der Waals surface area contributed by atoms with E-state index in [0.717, 1.165) is 0 Å². The van der Waals surface area contributed by atoms with Crippen LogP contribution in [-0.2, 0) is 13.1 Å². The third kappa shape index (κ3) is 2.24. The molecule has 0 saturated carbocycles. The summed E-state index contributed by atoms with van der Waals surface area (Å²) in [6, 6.07) is 5.92. The van der Waals surface area contributed by atoms with Gasteiger partial charge >= 0.3 is 0 Å². The summed E-state index contributed by atoms with van der Waals surface area (Å²) in [4.78, 5) is 23.6. The number of nitrogens with two attached hydrogens (primary N) is 2. The van der Waals surface area contributed by atoms with Crippen molar-refractivity contribution < 1.29 is 18.4 Å². The molecule has 18 heavy (non-hydrogen) atoms. The molecular weight excluding hydrogens is 236 g/mol. The molecular formula is C12H12N2O4. The average Bonchev–Trinajstić information content (AvgIpc) is 3.05. The molecule has 6 nitrogen and oxygen atoms in total. The third-order valence-electron chi connectivity index (χ3n) is 2.38. The SMILES string of the molecule is NCc1ccc(C(=O)C(=O)c2ccc(CN)o2)o1. The van der Waals surface area contributed by atoms with E-state index in [9.17, 15) is 9.59 Å². The second-order valence-corrected chi connectivity index (χ2v) is 3.60. The summed E-state index contributed by atoms with van der Waals surface area (Å²) in [5.41, 5.74) is 10.7. The van der Waals surface area contributed by atoms with Gasteiger partial charge in [-0.25, -0.2) is 0 Å². The number of hydrogen-bond donors (Lipinski definition) is 2. The number of carbonyl (C=O) groups is 2. The predicted octanol–water partition coefficient (Wildman–Crippen LogP) is 0.856. The number of hydrogen-bond acceptors (Lipinski definition) is 6. The Morgan fingerprint density at radius 2 is 1.22 bits per heavy atom. The van der Waals surface area contributed by atoms with Crippen LogP contribution in [0.1, 0.15) is 32.6 Å². The smallest absolute Gasteiger partial charge is 0.271 e. The van der Waals surface area contributed by atoms with Crippen LogP contribution in [0.3, 0.4) is 0 Å². The minimum Gasteiger partial charge on any atom is -0.456 e. The zero-order chi connectivity index (χ0) is 13.1. The fourth-order valence-electron chi connectivity index (χ4n) is 1.44. The third-order valence-corrected chi connectivity index (χ3v) is 2.38. The normalized spacial score (nSPS) is 10.6. The molecule has 0 bridgehead atoms. The first kappa shape index (κ1) is 12.3. The maximum Gasteiger partial charge on any atom is 0.271 e. The van der Waals surface area contributed by atoms with Gasteiger partial charge in [0.25, 0.3) is 11.6 Å². The van der Waals surface area contributed by atoms with Crippen LogP contribution in [-0.4, -0.2) is 11.6 Å². The summed E-state index contributed by atoms with van der Waals surface area (Å²) < 4.78 is 10.2. The molecule has 0 saturated heterocycles. The average molecular weight is 248 g/mol. The lowest BCUT2D eigenvalue weighted by molar-refractivity contribution is 0.0783. The van der Waals surface area contributed by atoms with E-state index in [1.807, 2.05) is 0 Å². The van der Waals surface area contributed by atoms with Crippen molar-refractivity contribution in [2.45, 2.75) is 13.1 Å².